The number of nitrogens with zero attached hydrogens (tertiary/aromatic N) is 1. The Morgan fingerprint density at radius 1 is 1.17 bits per heavy atom. The van der Waals surface area contributed by atoms with Gasteiger partial charge in [0.15, 0.2) is 0 Å². The number of amides is 3. The molecular formula is C26H40N4O5. The second kappa shape index (κ2) is 13.8. The Hall–Kier alpha value is -2.94. The fraction of sp³-hybridized carbons (Fsp3) is 0.615. The van der Waals surface area contributed by atoms with Gasteiger partial charge in [0.05, 0.1) is 12.0 Å². The van der Waals surface area contributed by atoms with Gasteiger partial charge >= 0.3 is 5.97 Å². The zero-order valence-electron chi connectivity index (χ0n) is 21.3. The van der Waals surface area contributed by atoms with Gasteiger partial charge in [0.1, 0.15) is 11.8 Å². The van der Waals surface area contributed by atoms with E-state index in [1.807, 2.05) is 30.3 Å². The Labute approximate surface area is 208 Å². The lowest BCUT2D eigenvalue weighted by Gasteiger charge is -2.30. The first-order valence-corrected chi connectivity index (χ1v) is 12.3. The van der Waals surface area contributed by atoms with Crippen molar-refractivity contribution in [2.45, 2.75) is 77.1 Å². The molecule has 194 valence electrons. The van der Waals surface area contributed by atoms with Crippen molar-refractivity contribution in [3.63, 3.8) is 0 Å². The van der Waals surface area contributed by atoms with Crippen LogP contribution in [0, 0.1) is 5.92 Å². The maximum atomic E-state index is 13.3. The molecule has 3 amide bonds. The van der Waals surface area contributed by atoms with Crippen molar-refractivity contribution in [2.75, 3.05) is 20.1 Å². The molecule has 3 atom stereocenters. The molecule has 0 bridgehead atoms. The molecule has 0 unspecified atom stereocenters. The summed E-state index contributed by atoms with van der Waals surface area (Å²) < 4.78 is 5.58. The number of carbonyl (C=O) groups is 4. The van der Waals surface area contributed by atoms with Crippen LogP contribution in [0.4, 0.5) is 0 Å². The average Bonchev–Trinajstić information content (AvgIpc) is 2.81. The van der Waals surface area contributed by atoms with E-state index in [1.165, 1.54) is 4.90 Å². The second-order valence-corrected chi connectivity index (χ2v) is 10.0. The molecule has 1 heterocycles. The first-order chi connectivity index (χ1) is 16.6. The number of ether oxygens (including phenoxy) is 1. The van der Waals surface area contributed by atoms with E-state index in [4.69, 9.17) is 4.74 Å². The maximum Gasteiger partial charge on any atom is 0.310 e. The molecule has 1 aromatic rings. The zero-order valence-corrected chi connectivity index (χ0v) is 21.3. The second-order valence-electron chi connectivity index (χ2n) is 10.0. The largest absolute Gasteiger partial charge is 0.460 e. The molecule has 9 heteroatoms. The van der Waals surface area contributed by atoms with Crippen LogP contribution in [0.25, 0.3) is 0 Å². The number of nitrogens with one attached hydrogen (secondary N) is 3. The van der Waals surface area contributed by atoms with Gasteiger partial charge in [-0.3, -0.25) is 19.2 Å². The van der Waals surface area contributed by atoms with Crippen LogP contribution >= 0.6 is 0 Å². The number of esters is 1. The smallest absolute Gasteiger partial charge is 0.310 e. The van der Waals surface area contributed by atoms with Gasteiger partial charge in [0.25, 0.3) is 0 Å². The van der Waals surface area contributed by atoms with E-state index < -0.39 is 29.7 Å². The van der Waals surface area contributed by atoms with Crippen molar-refractivity contribution in [3.8, 4) is 0 Å². The molecule has 0 spiro atoms. The molecule has 35 heavy (non-hydrogen) atoms. The van der Waals surface area contributed by atoms with Crippen LogP contribution in [0.3, 0.4) is 0 Å². The third kappa shape index (κ3) is 10.5. The number of rotatable bonds is 6. The van der Waals surface area contributed by atoms with E-state index in [0.717, 1.165) is 5.56 Å². The fourth-order valence-electron chi connectivity index (χ4n) is 3.89. The molecule has 9 nitrogen and oxygen atoms in total. The summed E-state index contributed by atoms with van der Waals surface area (Å²) in [6.07, 6.45) is 2.95. The minimum absolute atomic E-state index is 0.138. The lowest BCUT2D eigenvalue weighted by atomic mass is 9.99. The first kappa shape index (κ1) is 28.3. The number of aryl methyl sites for hydroxylation is 1. The van der Waals surface area contributed by atoms with E-state index in [1.54, 1.807) is 27.8 Å². The highest BCUT2D eigenvalue weighted by molar-refractivity contribution is 5.82. The summed E-state index contributed by atoms with van der Waals surface area (Å²) in [4.78, 5) is 51.3. The zero-order chi connectivity index (χ0) is 25.8. The van der Waals surface area contributed by atoms with Crippen LogP contribution in [0.15, 0.2) is 30.3 Å². The predicted molar refractivity (Wildman–Crippen MR) is 133 cm³/mol. The molecule has 1 aromatic carbocycles. The Morgan fingerprint density at radius 3 is 2.54 bits per heavy atom. The predicted octanol–water partition coefficient (Wildman–Crippen LogP) is 1.76. The maximum absolute atomic E-state index is 13.3. The normalized spacial score (nSPS) is 22.8. The summed E-state index contributed by atoms with van der Waals surface area (Å²) in [5, 5.41) is 9.07. The van der Waals surface area contributed by atoms with E-state index in [2.05, 4.69) is 16.0 Å². The Morgan fingerprint density at radius 2 is 1.89 bits per heavy atom. The Bertz CT molecular complexity index is 840. The van der Waals surface area contributed by atoms with Crippen LogP contribution in [0.1, 0.15) is 58.4 Å². The van der Waals surface area contributed by atoms with Gasteiger partial charge in [0.2, 0.25) is 18.2 Å². The lowest BCUT2D eigenvalue weighted by molar-refractivity contribution is -0.160. The SMILES string of the molecule is CN(C=O)[C@H]1CCCNC(=O)CC[C@@H](C(=O)OC(C)(C)C)CN[C@@H](CCc2ccccc2)C(=O)N1. The number of carbonyl (C=O) groups excluding carboxylic acids is 4. The van der Waals surface area contributed by atoms with E-state index in [9.17, 15) is 19.2 Å². The van der Waals surface area contributed by atoms with Crippen molar-refractivity contribution >= 4 is 24.2 Å². The van der Waals surface area contributed by atoms with Crippen LogP contribution in [-0.4, -0.2) is 67.0 Å². The van der Waals surface area contributed by atoms with Gasteiger partial charge in [-0.2, -0.15) is 0 Å². The molecule has 0 aromatic heterocycles. The van der Waals surface area contributed by atoms with Crippen LogP contribution in [0.5, 0.6) is 0 Å². The van der Waals surface area contributed by atoms with Gasteiger partial charge in [-0.1, -0.05) is 30.3 Å². The monoisotopic (exact) mass is 488 g/mol. The summed E-state index contributed by atoms with van der Waals surface area (Å²) in [5.74, 6) is -1.35. The lowest BCUT2D eigenvalue weighted by Crippen LogP contribution is -2.54. The quantitative estimate of drug-likeness (QED) is 0.415. The summed E-state index contributed by atoms with van der Waals surface area (Å²) in [7, 11) is 1.62. The van der Waals surface area contributed by atoms with E-state index in [0.29, 0.717) is 45.1 Å². The molecule has 2 rings (SSSR count). The molecule has 0 saturated carbocycles. The van der Waals surface area contributed by atoms with Gasteiger partial charge < -0.3 is 25.6 Å². The van der Waals surface area contributed by atoms with Gasteiger partial charge in [0, 0.05) is 26.6 Å². The van der Waals surface area contributed by atoms with Crippen molar-refractivity contribution in [1.29, 1.82) is 0 Å². The molecule has 0 aliphatic carbocycles. The number of hydrogen-bond acceptors (Lipinski definition) is 6. The molecular weight excluding hydrogens is 448 g/mol. The molecule has 0 radical (unpaired) electrons. The highest BCUT2D eigenvalue weighted by atomic mass is 16.6. The molecule has 1 fully saturated rings. The van der Waals surface area contributed by atoms with E-state index >= 15 is 0 Å². The Kier molecular flexibility index (Phi) is 11.2. The van der Waals surface area contributed by atoms with Crippen molar-refractivity contribution in [1.82, 2.24) is 20.9 Å². The topological polar surface area (TPSA) is 117 Å². The summed E-state index contributed by atoms with van der Waals surface area (Å²) >= 11 is 0. The highest BCUT2D eigenvalue weighted by Crippen LogP contribution is 2.16. The van der Waals surface area contributed by atoms with Gasteiger partial charge in [-0.05, 0) is 58.4 Å². The number of benzene rings is 1. The fourth-order valence-corrected chi connectivity index (χ4v) is 3.89. The Balaban J connectivity index is 2.23. The minimum atomic E-state index is -0.658. The summed E-state index contributed by atoms with van der Waals surface area (Å²) in [6, 6.07) is 9.28. The summed E-state index contributed by atoms with van der Waals surface area (Å²) in [6.45, 7) is 6.02. The highest BCUT2D eigenvalue weighted by Gasteiger charge is 2.29. The minimum Gasteiger partial charge on any atom is -0.460 e. The first-order valence-electron chi connectivity index (χ1n) is 12.3. The van der Waals surface area contributed by atoms with Gasteiger partial charge in [-0.15, -0.1) is 0 Å². The van der Waals surface area contributed by atoms with Crippen molar-refractivity contribution < 1.29 is 23.9 Å². The molecule has 3 N–H and O–H groups in total. The molecule has 1 aliphatic rings. The standard InChI is InChI=1S/C26H40N4O5/c1-26(2,3)35-25(34)20-13-15-23(32)27-16-8-11-22(30(4)18-31)29-24(33)21(28-17-20)14-12-19-9-6-5-7-10-19/h5-7,9-10,18,20-22,28H,8,11-17H2,1-4H3,(H,27,32)(H,29,33)/t20-,21+,22+/m1/s1. The third-order valence-electron chi connectivity index (χ3n) is 5.89. The average molecular weight is 489 g/mol. The van der Waals surface area contributed by atoms with Crippen LogP contribution in [0.2, 0.25) is 0 Å². The van der Waals surface area contributed by atoms with Crippen molar-refractivity contribution in [2.24, 2.45) is 5.92 Å². The third-order valence-corrected chi connectivity index (χ3v) is 5.89. The number of hydrogen-bond donors (Lipinski definition) is 3. The molecule has 1 aliphatic heterocycles. The summed E-state index contributed by atoms with van der Waals surface area (Å²) in [5.41, 5.74) is 0.443. The van der Waals surface area contributed by atoms with Gasteiger partial charge in [-0.25, -0.2) is 0 Å². The van der Waals surface area contributed by atoms with Crippen LogP contribution in [-0.2, 0) is 30.3 Å². The van der Waals surface area contributed by atoms with Crippen molar-refractivity contribution in [3.05, 3.63) is 35.9 Å². The van der Waals surface area contributed by atoms with Crippen LogP contribution < -0.4 is 16.0 Å². The molecule has 1 saturated heterocycles. The van der Waals surface area contributed by atoms with E-state index in [-0.39, 0.29) is 24.8 Å².